The van der Waals surface area contributed by atoms with Crippen LogP contribution in [0.15, 0.2) is 18.2 Å². The minimum absolute atomic E-state index is 0.0423. The maximum absolute atomic E-state index is 11.7. The zero-order chi connectivity index (χ0) is 13.5. The molecule has 0 saturated heterocycles. The predicted octanol–water partition coefficient (Wildman–Crippen LogP) is 2.52. The lowest BCUT2D eigenvalue weighted by molar-refractivity contribution is -0.384. The highest BCUT2D eigenvalue weighted by Crippen LogP contribution is 2.20. The Kier molecular flexibility index (Phi) is 5.10. The molecular weight excluding hydrogens is 236 g/mol. The summed E-state index contributed by atoms with van der Waals surface area (Å²) in [5.41, 5.74) is 5.65. The van der Waals surface area contributed by atoms with Crippen LogP contribution in [0.2, 0.25) is 0 Å². The first-order chi connectivity index (χ1) is 8.56. The van der Waals surface area contributed by atoms with Crippen molar-refractivity contribution in [3.8, 4) is 0 Å². The molecule has 0 aromatic heterocycles. The van der Waals surface area contributed by atoms with Crippen LogP contribution in [0.4, 0.5) is 11.4 Å². The first-order valence-electron chi connectivity index (χ1n) is 5.77. The molecule has 0 bridgehead atoms. The van der Waals surface area contributed by atoms with Gasteiger partial charge in [-0.2, -0.15) is 0 Å². The van der Waals surface area contributed by atoms with Crippen molar-refractivity contribution in [2.75, 3.05) is 12.3 Å². The van der Waals surface area contributed by atoms with Crippen molar-refractivity contribution >= 4 is 17.3 Å². The molecule has 6 heteroatoms. The van der Waals surface area contributed by atoms with E-state index in [1.54, 1.807) is 0 Å². The third kappa shape index (κ3) is 3.73. The van der Waals surface area contributed by atoms with Crippen molar-refractivity contribution in [3.63, 3.8) is 0 Å². The third-order valence-corrected chi connectivity index (χ3v) is 2.45. The van der Waals surface area contributed by atoms with E-state index in [9.17, 15) is 14.9 Å². The number of unbranched alkanes of at least 4 members (excludes halogenated alkanes) is 2. The summed E-state index contributed by atoms with van der Waals surface area (Å²) in [6.07, 6.45) is 2.77. The van der Waals surface area contributed by atoms with Crippen molar-refractivity contribution < 1.29 is 14.5 Å². The second-order valence-electron chi connectivity index (χ2n) is 3.87. The molecule has 0 aliphatic heterocycles. The standard InChI is InChI=1S/C12H16N2O4/c1-2-3-4-7-18-12(15)10-8-9(14(16)17)5-6-11(10)13/h5-6,8H,2-4,7,13H2,1H3. The lowest BCUT2D eigenvalue weighted by Crippen LogP contribution is -2.09. The van der Waals surface area contributed by atoms with Crippen LogP contribution >= 0.6 is 0 Å². The molecule has 1 aromatic rings. The molecule has 1 aromatic carbocycles. The van der Waals surface area contributed by atoms with Crippen LogP contribution in [0.25, 0.3) is 0 Å². The van der Waals surface area contributed by atoms with E-state index in [-0.39, 0.29) is 16.9 Å². The predicted molar refractivity (Wildman–Crippen MR) is 67.3 cm³/mol. The normalized spacial score (nSPS) is 10.1. The number of nitrogens with two attached hydrogens (primary N) is 1. The van der Waals surface area contributed by atoms with E-state index in [2.05, 4.69) is 0 Å². The number of ether oxygens (including phenoxy) is 1. The number of anilines is 1. The molecule has 0 heterocycles. The Balaban J connectivity index is 2.72. The van der Waals surface area contributed by atoms with Gasteiger partial charge in [-0.25, -0.2) is 4.79 Å². The molecule has 0 unspecified atom stereocenters. The second-order valence-corrected chi connectivity index (χ2v) is 3.87. The highest BCUT2D eigenvalue weighted by Gasteiger charge is 2.16. The number of benzene rings is 1. The smallest absolute Gasteiger partial charge is 0.340 e. The molecule has 0 fully saturated rings. The number of esters is 1. The summed E-state index contributed by atoms with van der Waals surface area (Å²) in [7, 11) is 0. The second kappa shape index (κ2) is 6.58. The van der Waals surface area contributed by atoms with Crippen LogP contribution in [-0.2, 0) is 4.74 Å². The van der Waals surface area contributed by atoms with Gasteiger partial charge in [0.05, 0.1) is 17.1 Å². The van der Waals surface area contributed by atoms with E-state index in [1.165, 1.54) is 12.1 Å². The third-order valence-electron chi connectivity index (χ3n) is 2.45. The van der Waals surface area contributed by atoms with Crippen molar-refractivity contribution in [1.29, 1.82) is 0 Å². The lowest BCUT2D eigenvalue weighted by atomic mass is 10.1. The maximum Gasteiger partial charge on any atom is 0.340 e. The maximum atomic E-state index is 11.7. The van der Waals surface area contributed by atoms with Crippen molar-refractivity contribution in [1.82, 2.24) is 0 Å². The van der Waals surface area contributed by atoms with Gasteiger partial charge in [-0.1, -0.05) is 19.8 Å². The van der Waals surface area contributed by atoms with Crippen LogP contribution in [0.5, 0.6) is 0 Å². The number of rotatable bonds is 6. The molecular formula is C12H16N2O4. The number of hydrogen-bond acceptors (Lipinski definition) is 5. The van der Waals surface area contributed by atoms with Crippen molar-refractivity contribution in [2.24, 2.45) is 0 Å². The van der Waals surface area contributed by atoms with E-state index in [0.29, 0.717) is 6.61 Å². The van der Waals surface area contributed by atoms with Gasteiger partial charge in [0.15, 0.2) is 0 Å². The zero-order valence-electron chi connectivity index (χ0n) is 10.2. The summed E-state index contributed by atoms with van der Waals surface area (Å²) in [6.45, 7) is 2.34. The Hall–Kier alpha value is -2.11. The summed E-state index contributed by atoms with van der Waals surface area (Å²) in [4.78, 5) is 21.7. The van der Waals surface area contributed by atoms with E-state index >= 15 is 0 Å². The number of nitro benzene ring substituents is 1. The Morgan fingerprint density at radius 3 is 2.78 bits per heavy atom. The lowest BCUT2D eigenvalue weighted by Gasteiger charge is -2.06. The fourth-order valence-electron chi connectivity index (χ4n) is 1.43. The molecule has 2 N–H and O–H groups in total. The zero-order valence-corrected chi connectivity index (χ0v) is 10.2. The molecule has 0 amide bonds. The van der Waals surface area contributed by atoms with Crippen LogP contribution in [-0.4, -0.2) is 17.5 Å². The largest absolute Gasteiger partial charge is 0.462 e. The van der Waals surface area contributed by atoms with Gasteiger partial charge in [-0.3, -0.25) is 10.1 Å². The molecule has 0 atom stereocenters. The SMILES string of the molecule is CCCCCOC(=O)c1cc([N+](=O)[O-])ccc1N. The van der Waals surface area contributed by atoms with E-state index in [0.717, 1.165) is 25.3 Å². The number of nitrogens with zero attached hydrogens (tertiary/aromatic N) is 1. The van der Waals surface area contributed by atoms with E-state index in [4.69, 9.17) is 10.5 Å². The number of hydrogen-bond donors (Lipinski definition) is 1. The first-order valence-corrected chi connectivity index (χ1v) is 5.77. The monoisotopic (exact) mass is 252 g/mol. The van der Waals surface area contributed by atoms with E-state index in [1.807, 2.05) is 6.92 Å². The highest BCUT2D eigenvalue weighted by atomic mass is 16.6. The Morgan fingerprint density at radius 1 is 1.44 bits per heavy atom. The van der Waals surface area contributed by atoms with Gasteiger partial charge < -0.3 is 10.5 Å². The molecule has 0 spiro atoms. The summed E-state index contributed by atoms with van der Waals surface area (Å²) in [5.74, 6) is -0.618. The van der Waals surface area contributed by atoms with Gasteiger partial charge >= 0.3 is 5.97 Å². The Bertz CT molecular complexity index is 446. The van der Waals surface area contributed by atoms with Crippen molar-refractivity contribution in [3.05, 3.63) is 33.9 Å². The average molecular weight is 252 g/mol. The van der Waals surface area contributed by atoms with Gasteiger partial charge in [0.25, 0.3) is 5.69 Å². The number of carbonyl (C=O) groups excluding carboxylic acids is 1. The molecule has 18 heavy (non-hydrogen) atoms. The van der Waals surface area contributed by atoms with Gasteiger partial charge in [-0.15, -0.1) is 0 Å². The Morgan fingerprint density at radius 2 is 2.17 bits per heavy atom. The summed E-state index contributed by atoms with van der Waals surface area (Å²) in [5, 5.41) is 10.6. The van der Waals surface area contributed by atoms with Crippen LogP contribution in [0.3, 0.4) is 0 Å². The number of non-ortho nitro benzene ring substituents is 1. The average Bonchev–Trinajstić information content (AvgIpc) is 2.34. The van der Waals surface area contributed by atoms with Crippen LogP contribution in [0, 0.1) is 10.1 Å². The molecule has 0 aliphatic rings. The van der Waals surface area contributed by atoms with Gasteiger partial charge in [0.2, 0.25) is 0 Å². The Labute approximate surface area is 105 Å². The fraction of sp³-hybridized carbons (Fsp3) is 0.417. The first kappa shape index (κ1) is 14.0. The molecule has 0 aliphatic carbocycles. The minimum atomic E-state index is -0.618. The summed E-state index contributed by atoms with van der Waals surface area (Å²) in [6, 6.07) is 3.72. The highest BCUT2D eigenvalue weighted by molar-refractivity contribution is 5.95. The van der Waals surface area contributed by atoms with Gasteiger partial charge in [-0.05, 0) is 12.5 Å². The van der Waals surface area contributed by atoms with Gasteiger partial charge in [0.1, 0.15) is 0 Å². The minimum Gasteiger partial charge on any atom is -0.462 e. The quantitative estimate of drug-likeness (QED) is 0.276. The number of nitrogen functional groups attached to an aromatic ring is 1. The van der Waals surface area contributed by atoms with Gasteiger partial charge in [0, 0.05) is 17.8 Å². The molecule has 6 nitrogen and oxygen atoms in total. The van der Waals surface area contributed by atoms with Crippen molar-refractivity contribution in [2.45, 2.75) is 26.2 Å². The topological polar surface area (TPSA) is 95.5 Å². The summed E-state index contributed by atoms with van der Waals surface area (Å²) < 4.78 is 5.00. The summed E-state index contributed by atoms with van der Waals surface area (Å²) >= 11 is 0. The number of carbonyl (C=O) groups is 1. The van der Waals surface area contributed by atoms with Crippen LogP contribution < -0.4 is 5.73 Å². The molecule has 0 radical (unpaired) electrons. The molecule has 98 valence electrons. The fourth-order valence-corrected chi connectivity index (χ4v) is 1.43. The number of nitro groups is 1. The van der Waals surface area contributed by atoms with E-state index < -0.39 is 10.9 Å². The molecule has 1 rings (SSSR count). The van der Waals surface area contributed by atoms with Crippen LogP contribution in [0.1, 0.15) is 36.5 Å². The molecule has 0 saturated carbocycles.